The highest BCUT2D eigenvalue weighted by Gasteiger charge is 2.10. The molecule has 3 aromatic rings. The number of aromatic carboxylic acids is 1. The van der Waals surface area contributed by atoms with Crippen LogP contribution in [0.3, 0.4) is 0 Å². The third kappa shape index (κ3) is 2.88. The van der Waals surface area contributed by atoms with Gasteiger partial charge in [-0.05, 0) is 6.07 Å². The number of hydrogen-bond donors (Lipinski definition) is 1. The average molecular weight is 300 g/mol. The zero-order chi connectivity index (χ0) is 16.3. The van der Waals surface area contributed by atoms with Crippen LogP contribution < -0.4 is 5.56 Å². The van der Waals surface area contributed by atoms with Gasteiger partial charge < -0.3 is 14.1 Å². The van der Waals surface area contributed by atoms with E-state index in [4.69, 9.17) is 5.11 Å². The van der Waals surface area contributed by atoms with Crippen LogP contribution in [-0.4, -0.2) is 30.0 Å². The Hall–Kier alpha value is -2.96. The van der Waals surface area contributed by atoms with Crippen molar-refractivity contribution in [3.8, 4) is 11.3 Å². The molecule has 0 aliphatic heterocycles. The quantitative estimate of drug-likeness (QED) is 0.779. The fourth-order valence-electron chi connectivity index (χ4n) is 1.90. The van der Waals surface area contributed by atoms with Crippen molar-refractivity contribution in [1.29, 1.82) is 0 Å². The number of hydrogen-bond acceptors (Lipinski definition) is 4. The van der Waals surface area contributed by atoms with Crippen LogP contribution in [0.1, 0.15) is 24.3 Å². The SMILES string of the molecule is CC.Cn1cc(-c2cn3cc(C(=O)O)nc3cn2)ccc1=O. The minimum absolute atomic E-state index is 0.0376. The van der Waals surface area contributed by atoms with Crippen LogP contribution in [0.25, 0.3) is 16.9 Å². The van der Waals surface area contributed by atoms with Gasteiger partial charge in [0.15, 0.2) is 11.3 Å². The van der Waals surface area contributed by atoms with Crippen molar-refractivity contribution in [2.45, 2.75) is 13.8 Å². The van der Waals surface area contributed by atoms with Crippen LogP contribution >= 0.6 is 0 Å². The van der Waals surface area contributed by atoms with E-state index >= 15 is 0 Å². The Balaban J connectivity index is 0.000000847. The molecule has 0 radical (unpaired) electrons. The molecule has 0 spiro atoms. The minimum Gasteiger partial charge on any atom is -0.476 e. The average Bonchev–Trinajstić information content (AvgIpc) is 2.95. The second kappa shape index (κ2) is 6.21. The van der Waals surface area contributed by atoms with Crippen molar-refractivity contribution in [2.24, 2.45) is 7.05 Å². The summed E-state index contributed by atoms with van der Waals surface area (Å²) in [5.41, 5.74) is 1.70. The van der Waals surface area contributed by atoms with Gasteiger partial charge in [-0.2, -0.15) is 0 Å². The van der Waals surface area contributed by atoms with E-state index in [0.717, 1.165) is 5.56 Å². The molecule has 22 heavy (non-hydrogen) atoms. The van der Waals surface area contributed by atoms with Gasteiger partial charge in [0.2, 0.25) is 5.56 Å². The van der Waals surface area contributed by atoms with Gasteiger partial charge in [-0.15, -0.1) is 0 Å². The van der Waals surface area contributed by atoms with Crippen molar-refractivity contribution >= 4 is 11.6 Å². The van der Waals surface area contributed by atoms with Gasteiger partial charge in [0.25, 0.3) is 0 Å². The first-order valence-corrected chi connectivity index (χ1v) is 6.80. The maximum atomic E-state index is 11.4. The summed E-state index contributed by atoms with van der Waals surface area (Å²) in [5, 5.41) is 8.90. The molecule has 7 nitrogen and oxygen atoms in total. The molecule has 0 fully saturated rings. The van der Waals surface area contributed by atoms with E-state index in [1.165, 1.54) is 23.0 Å². The number of carboxylic acid groups (broad SMARTS) is 1. The van der Waals surface area contributed by atoms with Gasteiger partial charge in [0.05, 0.1) is 11.9 Å². The Morgan fingerprint density at radius 2 is 1.91 bits per heavy atom. The number of aromatic nitrogens is 4. The van der Waals surface area contributed by atoms with Gasteiger partial charge >= 0.3 is 5.97 Å². The number of pyridine rings is 1. The molecule has 0 atom stereocenters. The Labute approximate surface area is 126 Å². The number of imidazole rings is 1. The molecule has 0 saturated heterocycles. The normalized spacial score (nSPS) is 10.1. The second-order valence-electron chi connectivity index (χ2n) is 4.34. The monoisotopic (exact) mass is 300 g/mol. The fourth-order valence-corrected chi connectivity index (χ4v) is 1.90. The van der Waals surface area contributed by atoms with E-state index in [0.29, 0.717) is 11.3 Å². The molecular formula is C15H16N4O3. The van der Waals surface area contributed by atoms with Crippen molar-refractivity contribution < 1.29 is 9.90 Å². The number of nitrogens with zero attached hydrogens (tertiary/aromatic N) is 4. The van der Waals surface area contributed by atoms with Crippen LogP contribution in [-0.2, 0) is 7.05 Å². The summed E-state index contributed by atoms with van der Waals surface area (Å²) < 4.78 is 3.05. The number of carboxylic acids is 1. The number of rotatable bonds is 2. The molecular weight excluding hydrogens is 284 g/mol. The smallest absolute Gasteiger partial charge is 0.356 e. The van der Waals surface area contributed by atoms with E-state index in [1.807, 2.05) is 13.8 Å². The van der Waals surface area contributed by atoms with E-state index in [1.54, 1.807) is 29.9 Å². The Morgan fingerprint density at radius 1 is 1.18 bits per heavy atom. The molecule has 0 bridgehead atoms. The van der Waals surface area contributed by atoms with Crippen LogP contribution in [0, 0.1) is 0 Å². The maximum absolute atomic E-state index is 11.4. The number of carbonyl (C=O) groups is 1. The Morgan fingerprint density at radius 3 is 2.55 bits per heavy atom. The standard InChI is InChI=1S/C13H10N4O3.C2H6/c1-16-5-8(2-3-12(16)18)9-6-17-7-10(13(19)20)15-11(17)4-14-9;1-2/h2-7H,1H3,(H,19,20);1-2H3. The van der Waals surface area contributed by atoms with Gasteiger partial charge in [-0.3, -0.25) is 9.78 Å². The summed E-state index contributed by atoms with van der Waals surface area (Å²) in [6.07, 6.45) is 6.26. The van der Waals surface area contributed by atoms with Crippen LogP contribution in [0.5, 0.6) is 0 Å². The Bertz CT molecular complexity index is 880. The fraction of sp³-hybridized carbons (Fsp3) is 0.200. The lowest BCUT2D eigenvalue weighted by atomic mass is 10.2. The lowest BCUT2D eigenvalue weighted by Gasteiger charge is -2.03. The summed E-state index contributed by atoms with van der Waals surface area (Å²) >= 11 is 0. The lowest BCUT2D eigenvalue weighted by Crippen LogP contribution is -2.14. The molecule has 0 saturated carbocycles. The molecule has 1 N–H and O–H groups in total. The molecule has 7 heteroatoms. The van der Waals surface area contributed by atoms with Crippen molar-refractivity contribution in [3.05, 3.63) is 53.0 Å². The zero-order valence-electron chi connectivity index (χ0n) is 12.5. The second-order valence-corrected chi connectivity index (χ2v) is 4.34. The first kappa shape index (κ1) is 15.4. The molecule has 0 aliphatic rings. The molecule has 0 amide bonds. The van der Waals surface area contributed by atoms with E-state index in [9.17, 15) is 9.59 Å². The summed E-state index contributed by atoms with van der Waals surface area (Å²) in [4.78, 5) is 30.4. The maximum Gasteiger partial charge on any atom is 0.356 e. The van der Waals surface area contributed by atoms with Gasteiger partial charge in [-0.1, -0.05) is 13.8 Å². The third-order valence-corrected chi connectivity index (χ3v) is 2.94. The van der Waals surface area contributed by atoms with Crippen molar-refractivity contribution in [2.75, 3.05) is 0 Å². The minimum atomic E-state index is -1.09. The molecule has 0 unspecified atom stereocenters. The number of aryl methyl sites for hydroxylation is 1. The van der Waals surface area contributed by atoms with Crippen LogP contribution in [0.2, 0.25) is 0 Å². The predicted octanol–water partition coefficient (Wildman–Crippen LogP) is 1.82. The first-order chi connectivity index (χ1) is 10.5. The molecule has 3 heterocycles. The van der Waals surface area contributed by atoms with E-state index < -0.39 is 5.97 Å². The molecule has 3 aromatic heterocycles. The van der Waals surface area contributed by atoms with Crippen LogP contribution in [0.4, 0.5) is 0 Å². The van der Waals surface area contributed by atoms with Crippen molar-refractivity contribution in [3.63, 3.8) is 0 Å². The molecule has 0 aromatic carbocycles. The molecule has 3 rings (SSSR count). The summed E-state index contributed by atoms with van der Waals surface area (Å²) in [6, 6.07) is 3.13. The topological polar surface area (TPSA) is 89.5 Å². The molecule has 0 aliphatic carbocycles. The van der Waals surface area contributed by atoms with Crippen molar-refractivity contribution in [1.82, 2.24) is 18.9 Å². The number of fused-ring (bicyclic) bond motifs is 1. The first-order valence-electron chi connectivity index (χ1n) is 6.80. The van der Waals surface area contributed by atoms with E-state index in [2.05, 4.69) is 9.97 Å². The summed E-state index contributed by atoms with van der Waals surface area (Å²) in [7, 11) is 1.66. The predicted molar refractivity (Wildman–Crippen MR) is 82.0 cm³/mol. The molecule has 114 valence electrons. The highest BCUT2D eigenvalue weighted by atomic mass is 16.4. The highest BCUT2D eigenvalue weighted by Crippen LogP contribution is 2.16. The van der Waals surface area contributed by atoms with Gasteiger partial charge in [0.1, 0.15) is 0 Å². The third-order valence-electron chi connectivity index (χ3n) is 2.94. The summed E-state index contributed by atoms with van der Waals surface area (Å²) in [6.45, 7) is 4.00. The zero-order valence-corrected chi connectivity index (χ0v) is 12.5. The lowest BCUT2D eigenvalue weighted by molar-refractivity contribution is 0.0691. The van der Waals surface area contributed by atoms with Crippen LogP contribution in [0.15, 0.2) is 41.7 Å². The Kier molecular flexibility index (Phi) is 4.36. The summed E-state index contributed by atoms with van der Waals surface area (Å²) in [5.74, 6) is -1.09. The van der Waals surface area contributed by atoms with Gasteiger partial charge in [0, 0.05) is 37.3 Å². The van der Waals surface area contributed by atoms with Gasteiger partial charge in [-0.25, -0.2) is 9.78 Å². The largest absolute Gasteiger partial charge is 0.476 e. The highest BCUT2D eigenvalue weighted by molar-refractivity contribution is 5.86. The van der Waals surface area contributed by atoms with E-state index in [-0.39, 0.29) is 11.3 Å².